The Balaban J connectivity index is 1.27. The van der Waals surface area contributed by atoms with Crippen molar-refractivity contribution in [2.24, 2.45) is 0 Å². The Bertz CT molecular complexity index is 1120. The molecule has 0 spiro atoms. The summed E-state index contributed by atoms with van der Waals surface area (Å²) in [5.41, 5.74) is 4.03. The minimum Gasteiger partial charge on any atom is -0.339 e. The molecule has 0 saturated carbocycles. The Kier molecular flexibility index (Phi) is 6.48. The van der Waals surface area contributed by atoms with Crippen molar-refractivity contribution >= 4 is 27.6 Å². The molecular weight excluding hydrogens is 428 g/mol. The van der Waals surface area contributed by atoms with Crippen molar-refractivity contribution in [3.8, 4) is 0 Å². The van der Waals surface area contributed by atoms with E-state index in [1.54, 1.807) is 23.1 Å². The summed E-state index contributed by atoms with van der Waals surface area (Å²) in [4.78, 5) is 26.4. The Labute approximate surface area is 188 Å². The summed E-state index contributed by atoms with van der Waals surface area (Å²) in [6, 6.07) is 12.3. The van der Waals surface area contributed by atoms with Crippen LogP contribution < -0.4 is 10.6 Å². The van der Waals surface area contributed by atoms with Gasteiger partial charge in [-0.05, 0) is 67.1 Å². The maximum atomic E-state index is 13.0. The topological polar surface area (TPSA) is 98.8 Å². The Hall–Kier alpha value is -2.91. The van der Waals surface area contributed by atoms with Crippen molar-refractivity contribution in [1.82, 2.24) is 14.5 Å². The summed E-state index contributed by atoms with van der Waals surface area (Å²) in [6.45, 7) is 2.85. The Morgan fingerprint density at radius 3 is 2.47 bits per heavy atom. The molecule has 8 nitrogen and oxygen atoms in total. The number of nitrogens with zero attached hydrogens (tertiary/aromatic N) is 2. The summed E-state index contributed by atoms with van der Waals surface area (Å²) in [6.07, 6.45) is 3.00. The number of hydrogen-bond acceptors (Lipinski definition) is 4. The van der Waals surface area contributed by atoms with Gasteiger partial charge in [-0.3, -0.25) is 4.79 Å². The van der Waals surface area contributed by atoms with E-state index in [2.05, 4.69) is 10.6 Å². The number of hydrogen-bond donors (Lipinski definition) is 2. The van der Waals surface area contributed by atoms with Gasteiger partial charge >= 0.3 is 6.03 Å². The number of aryl methyl sites for hydroxylation is 3. The van der Waals surface area contributed by atoms with Gasteiger partial charge in [0.15, 0.2) is 0 Å². The van der Waals surface area contributed by atoms with E-state index < -0.39 is 16.1 Å². The highest BCUT2D eigenvalue weighted by molar-refractivity contribution is 7.89. The lowest BCUT2D eigenvalue weighted by Crippen LogP contribution is -2.52. The molecule has 1 aliphatic carbocycles. The van der Waals surface area contributed by atoms with Crippen LogP contribution in [0.2, 0.25) is 0 Å². The predicted molar refractivity (Wildman–Crippen MR) is 122 cm³/mol. The lowest BCUT2D eigenvalue weighted by Gasteiger charge is -2.34. The van der Waals surface area contributed by atoms with Crippen LogP contribution >= 0.6 is 0 Å². The number of benzene rings is 2. The second-order valence-corrected chi connectivity index (χ2v) is 10.2. The van der Waals surface area contributed by atoms with E-state index in [1.165, 1.54) is 9.87 Å². The van der Waals surface area contributed by atoms with Gasteiger partial charge in [0.05, 0.1) is 11.4 Å². The van der Waals surface area contributed by atoms with Crippen LogP contribution in [0.4, 0.5) is 10.5 Å². The minimum absolute atomic E-state index is 0.144. The van der Waals surface area contributed by atoms with E-state index in [0.717, 1.165) is 30.4 Å². The standard InChI is InChI=1S/C23H28N4O4S/c1-17-4-2-7-20(14-17)25-23(29)24-16-22(28)26-10-12-27(13-11-26)32(30,31)21-9-8-18-5-3-6-19(18)15-21/h2,4,7-9,14-15H,3,5-6,10-13,16H2,1H3,(H2,24,25,29). The summed E-state index contributed by atoms with van der Waals surface area (Å²) in [7, 11) is -3.58. The molecule has 0 aromatic heterocycles. The maximum Gasteiger partial charge on any atom is 0.319 e. The molecule has 3 amide bonds. The zero-order valence-corrected chi connectivity index (χ0v) is 19.0. The van der Waals surface area contributed by atoms with Crippen molar-refractivity contribution < 1.29 is 18.0 Å². The van der Waals surface area contributed by atoms with Crippen molar-refractivity contribution in [2.75, 3.05) is 38.0 Å². The summed E-state index contributed by atoms with van der Waals surface area (Å²) < 4.78 is 27.5. The molecular formula is C23H28N4O4S. The highest BCUT2D eigenvalue weighted by Gasteiger charge is 2.30. The van der Waals surface area contributed by atoms with Gasteiger partial charge in [-0.25, -0.2) is 13.2 Å². The monoisotopic (exact) mass is 456 g/mol. The Morgan fingerprint density at radius 2 is 1.72 bits per heavy atom. The third-order valence-electron chi connectivity index (χ3n) is 5.98. The molecule has 32 heavy (non-hydrogen) atoms. The molecule has 2 aromatic carbocycles. The normalized spacial score (nSPS) is 16.5. The average Bonchev–Trinajstić information content (AvgIpc) is 3.25. The molecule has 2 aliphatic rings. The number of carbonyl (C=O) groups excluding carboxylic acids is 2. The Morgan fingerprint density at radius 1 is 0.969 bits per heavy atom. The van der Waals surface area contributed by atoms with Crippen LogP contribution in [0.5, 0.6) is 0 Å². The van der Waals surface area contributed by atoms with E-state index in [1.807, 2.05) is 31.2 Å². The van der Waals surface area contributed by atoms with E-state index in [4.69, 9.17) is 0 Å². The highest BCUT2D eigenvalue weighted by Crippen LogP contribution is 2.26. The second-order valence-electron chi connectivity index (χ2n) is 8.25. The zero-order chi connectivity index (χ0) is 22.7. The number of rotatable bonds is 5. The van der Waals surface area contributed by atoms with E-state index >= 15 is 0 Å². The molecule has 0 radical (unpaired) electrons. The van der Waals surface area contributed by atoms with Gasteiger partial charge in [0.25, 0.3) is 0 Å². The van der Waals surface area contributed by atoms with Crippen LogP contribution in [-0.2, 0) is 27.7 Å². The fourth-order valence-electron chi connectivity index (χ4n) is 4.20. The highest BCUT2D eigenvalue weighted by atomic mass is 32.2. The summed E-state index contributed by atoms with van der Waals surface area (Å²) >= 11 is 0. The number of sulfonamides is 1. The number of nitrogens with one attached hydrogen (secondary N) is 2. The molecule has 2 N–H and O–H groups in total. The lowest BCUT2D eigenvalue weighted by molar-refractivity contribution is -0.131. The molecule has 0 bridgehead atoms. The van der Waals surface area contributed by atoms with Crippen molar-refractivity contribution in [1.29, 1.82) is 0 Å². The summed E-state index contributed by atoms with van der Waals surface area (Å²) in [5, 5.41) is 5.26. The fourth-order valence-corrected chi connectivity index (χ4v) is 5.67. The van der Waals surface area contributed by atoms with Crippen molar-refractivity contribution in [2.45, 2.75) is 31.1 Å². The molecule has 170 valence electrons. The quantitative estimate of drug-likeness (QED) is 0.720. The maximum absolute atomic E-state index is 13.0. The number of fused-ring (bicyclic) bond motifs is 1. The first-order valence-corrected chi connectivity index (χ1v) is 12.3. The van der Waals surface area contributed by atoms with Crippen LogP contribution in [-0.4, -0.2) is 62.3 Å². The molecule has 9 heteroatoms. The predicted octanol–water partition coefficient (Wildman–Crippen LogP) is 2.14. The smallest absolute Gasteiger partial charge is 0.319 e. The van der Waals surface area contributed by atoms with Gasteiger partial charge in [-0.2, -0.15) is 4.31 Å². The molecule has 4 rings (SSSR count). The van der Waals surface area contributed by atoms with Crippen LogP contribution in [0.1, 0.15) is 23.1 Å². The molecule has 1 aliphatic heterocycles. The van der Waals surface area contributed by atoms with Crippen molar-refractivity contribution in [3.63, 3.8) is 0 Å². The fraction of sp³-hybridized carbons (Fsp3) is 0.391. The van der Waals surface area contributed by atoms with Crippen LogP contribution in [0.25, 0.3) is 0 Å². The lowest BCUT2D eigenvalue weighted by atomic mass is 10.1. The molecule has 1 fully saturated rings. The van der Waals surface area contributed by atoms with Gasteiger partial charge in [-0.15, -0.1) is 0 Å². The molecule has 0 unspecified atom stereocenters. The molecule has 1 heterocycles. The largest absolute Gasteiger partial charge is 0.339 e. The van der Waals surface area contributed by atoms with Gasteiger partial charge in [0.1, 0.15) is 0 Å². The second kappa shape index (κ2) is 9.30. The van der Waals surface area contributed by atoms with Crippen LogP contribution in [0.15, 0.2) is 47.4 Å². The third kappa shape index (κ3) is 4.94. The first-order chi connectivity index (χ1) is 15.3. The van der Waals surface area contributed by atoms with Crippen LogP contribution in [0, 0.1) is 6.92 Å². The molecule has 1 saturated heterocycles. The van der Waals surface area contributed by atoms with Gasteiger partial charge in [0.2, 0.25) is 15.9 Å². The third-order valence-corrected chi connectivity index (χ3v) is 7.87. The average molecular weight is 457 g/mol. The molecule has 2 aromatic rings. The zero-order valence-electron chi connectivity index (χ0n) is 18.1. The number of piperazine rings is 1. The van der Waals surface area contributed by atoms with Crippen molar-refractivity contribution in [3.05, 3.63) is 59.2 Å². The number of carbonyl (C=O) groups is 2. The van der Waals surface area contributed by atoms with Crippen LogP contribution in [0.3, 0.4) is 0 Å². The van der Waals surface area contributed by atoms with E-state index in [9.17, 15) is 18.0 Å². The molecule has 0 atom stereocenters. The van der Waals surface area contributed by atoms with Gasteiger partial charge in [-0.1, -0.05) is 18.2 Å². The minimum atomic E-state index is -3.58. The first kappa shape index (κ1) is 22.3. The summed E-state index contributed by atoms with van der Waals surface area (Å²) in [5.74, 6) is -0.237. The first-order valence-electron chi connectivity index (χ1n) is 10.8. The van der Waals surface area contributed by atoms with E-state index in [0.29, 0.717) is 23.7 Å². The van der Waals surface area contributed by atoms with Gasteiger partial charge in [0, 0.05) is 31.9 Å². The number of amides is 3. The van der Waals surface area contributed by atoms with Gasteiger partial charge < -0.3 is 15.5 Å². The SMILES string of the molecule is Cc1cccc(NC(=O)NCC(=O)N2CCN(S(=O)(=O)c3ccc4c(c3)CCC4)CC2)c1. The van der Waals surface area contributed by atoms with E-state index in [-0.39, 0.29) is 25.5 Å². The number of anilines is 1. The number of urea groups is 1.